The van der Waals surface area contributed by atoms with Gasteiger partial charge < -0.3 is 9.64 Å². The lowest BCUT2D eigenvalue weighted by molar-refractivity contribution is 0.122. The summed E-state index contributed by atoms with van der Waals surface area (Å²) in [5.74, 6) is 0. The van der Waals surface area contributed by atoms with Gasteiger partial charge in [-0.2, -0.15) is 0 Å². The van der Waals surface area contributed by atoms with E-state index in [9.17, 15) is 0 Å². The highest BCUT2D eigenvalue weighted by molar-refractivity contribution is 5.66. The molecule has 19 heavy (non-hydrogen) atoms. The maximum atomic E-state index is 5.34. The fourth-order valence-corrected chi connectivity index (χ4v) is 1.79. The molecule has 0 saturated carbocycles. The lowest BCUT2D eigenvalue weighted by Gasteiger charge is -2.29. The number of morpholine rings is 1. The fourth-order valence-electron chi connectivity index (χ4n) is 1.79. The summed E-state index contributed by atoms with van der Waals surface area (Å²) < 4.78 is 5.34. The van der Waals surface area contributed by atoms with E-state index in [4.69, 9.17) is 4.74 Å². The second kappa shape index (κ2) is 10.6. The summed E-state index contributed by atoms with van der Waals surface area (Å²) in [6.45, 7) is 17.6. The maximum Gasteiger partial charge on any atom is 0.0642 e. The Hall–Kier alpha value is -1.28. The lowest BCUT2D eigenvalue weighted by atomic mass is 10.1. The molecule has 1 saturated heterocycles. The molecular formula is C17H29NO. The van der Waals surface area contributed by atoms with Crippen LogP contribution >= 0.6 is 0 Å². The van der Waals surface area contributed by atoms with Crippen LogP contribution in [-0.4, -0.2) is 26.3 Å². The second-order valence-electron chi connectivity index (χ2n) is 3.93. The number of benzene rings is 1. The van der Waals surface area contributed by atoms with Crippen LogP contribution in [0.25, 0.3) is 5.57 Å². The molecule has 0 atom stereocenters. The smallest absolute Gasteiger partial charge is 0.0642 e. The first kappa shape index (κ1) is 17.7. The first-order valence-electron chi connectivity index (χ1n) is 7.36. The van der Waals surface area contributed by atoms with Gasteiger partial charge in [-0.05, 0) is 24.6 Å². The normalized spacial score (nSPS) is 13.6. The van der Waals surface area contributed by atoms with Gasteiger partial charge in [0.05, 0.1) is 13.2 Å². The minimum atomic E-state index is 0.831. The number of allylic oxidation sites excluding steroid dienone is 1. The SMILES string of the molecule is C=C(C)c1cccc(N2CCOCC2)c1.CC.CC. The number of nitrogens with zero attached hydrogens (tertiary/aromatic N) is 1. The van der Waals surface area contributed by atoms with E-state index in [2.05, 4.69) is 35.7 Å². The Morgan fingerprint density at radius 2 is 1.68 bits per heavy atom. The predicted octanol–water partition coefficient (Wildman–Crippen LogP) is 4.61. The lowest BCUT2D eigenvalue weighted by Crippen LogP contribution is -2.36. The van der Waals surface area contributed by atoms with Crippen molar-refractivity contribution < 1.29 is 4.74 Å². The van der Waals surface area contributed by atoms with Crippen LogP contribution in [0.15, 0.2) is 30.8 Å². The first-order valence-corrected chi connectivity index (χ1v) is 7.36. The summed E-state index contributed by atoms with van der Waals surface area (Å²) >= 11 is 0. The highest BCUT2D eigenvalue weighted by atomic mass is 16.5. The number of ether oxygens (including phenoxy) is 1. The monoisotopic (exact) mass is 263 g/mol. The zero-order chi connectivity index (χ0) is 14.7. The van der Waals surface area contributed by atoms with Crippen molar-refractivity contribution in [1.82, 2.24) is 0 Å². The Bertz CT molecular complexity index is 354. The average molecular weight is 263 g/mol. The van der Waals surface area contributed by atoms with Gasteiger partial charge in [0.1, 0.15) is 0 Å². The van der Waals surface area contributed by atoms with E-state index >= 15 is 0 Å². The predicted molar refractivity (Wildman–Crippen MR) is 86.9 cm³/mol. The van der Waals surface area contributed by atoms with Crippen LogP contribution in [-0.2, 0) is 4.74 Å². The minimum absolute atomic E-state index is 0.831. The third kappa shape index (κ3) is 5.93. The molecule has 2 rings (SSSR count). The van der Waals surface area contributed by atoms with Gasteiger partial charge in [-0.25, -0.2) is 0 Å². The van der Waals surface area contributed by atoms with Crippen LogP contribution in [0.2, 0.25) is 0 Å². The number of rotatable bonds is 2. The molecule has 0 unspecified atom stereocenters. The Kier molecular flexibility index (Phi) is 9.91. The summed E-state index contributed by atoms with van der Waals surface area (Å²) in [4.78, 5) is 2.36. The van der Waals surface area contributed by atoms with E-state index in [0.29, 0.717) is 0 Å². The highest BCUT2D eigenvalue weighted by Crippen LogP contribution is 2.20. The molecule has 1 heterocycles. The summed E-state index contributed by atoms with van der Waals surface area (Å²) in [5.41, 5.74) is 3.61. The molecular weight excluding hydrogens is 234 g/mol. The summed E-state index contributed by atoms with van der Waals surface area (Å²) in [7, 11) is 0. The first-order chi connectivity index (χ1) is 9.27. The number of anilines is 1. The van der Waals surface area contributed by atoms with Gasteiger partial charge in [-0.15, -0.1) is 0 Å². The van der Waals surface area contributed by atoms with Crippen molar-refractivity contribution in [3.8, 4) is 0 Å². The maximum absolute atomic E-state index is 5.34. The van der Waals surface area contributed by atoms with E-state index in [1.165, 1.54) is 11.3 Å². The van der Waals surface area contributed by atoms with Gasteiger partial charge in [0.2, 0.25) is 0 Å². The van der Waals surface area contributed by atoms with Gasteiger partial charge in [-0.3, -0.25) is 0 Å². The molecule has 1 aliphatic heterocycles. The molecule has 0 aromatic heterocycles. The van der Waals surface area contributed by atoms with Crippen molar-refractivity contribution in [1.29, 1.82) is 0 Å². The summed E-state index contributed by atoms with van der Waals surface area (Å²) in [6, 6.07) is 8.55. The van der Waals surface area contributed by atoms with Crippen molar-refractivity contribution in [3.05, 3.63) is 36.4 Å². The molecule has 1 fully saturated rings. The van der Waals surface area contributed by atoms with Gasteiger partial charge in [0.25, 0.3) is 0 Å². The standard InChI is InChI=1S/C13H17NO.2C2H6/c1-11(2)12-4-3-5-13(10-12)14-6-8-15-9-7-14;2*1-2/h3-5,10H,1,6-9H2,2H3;2*1-2H3. The molecule has 2 heteroatoms. The van der Waals surface area contributed by atoms with Crippen LogP contribution in [0.1, 0.15) is 40.2 Å². The Morgan fingerprint density at radius 1 is 1.11 bits per heavy atom. The topological polar surface area (TPSA) is 12.5 Å². The molecule has 1 aromatic rings. The highest BCUT2D eigenvalue weighted by Gasteiger charge is 2.11. The van der Waals surface area contributed by atoms with Gasteiger partial charge in [0, 0.05) is 18.8 Å². The van der Waals surface area contributed by atoms with Crippen molar-refractivity contribution in [2.24, 2.45) is 0 Å². The molecule has 1 aliphatic rings. The Balaban J connectivity index is 0.000000741. The van der Waals surface area contributed by atoms with Gasteiger partial charge in [0.15, 0.2) is 0 Å². The van der Waals surface area contributed by atoms with E-state index in [-0.39, 0.29) is 0 Å². The van der Waals surface area contributed by atoms with Crippen molar-refractivity contribution in [2.45, 2.75) is 34.6 Å². The molecule has 108 valence electrons. The molecule has 0 spiro atoms. The molecule has 0 aliphatic carbocycles. The zero-order valence-corrected chi connectivity index (χ0v) is 13.2. The van der Waals surface area contributed by atoms with Crippen LogP contribution in [0.3, 0.4) is 0 Å². The fraction of sp³-hybridized carbons (Fsp3) is 0.529. The number of hydrogen-bond donors (Lipinski definition) is 0. The van der Waals surface area contributed by atoms with Gasteiger partial charge >= 0.3 is 0 Å². The second-order valence-corrected chi connectivity index (χ2v) is 3.93. The van der Waals surface area contributed by atoms with E-state index in [1.807, 2.05) is 34.6 Å². The van der Waals surface area contributed by atoms with Crippen molar-refractivity contribution in [3.63, 3.8) is 0 Å². The molecule has 0 radical (unpaired) electrons. The van der Waals surface area contributed by atoms with Crippen LogP contribution in [0.5, 0.6) is 0 Å². The Labute approximate surface area is 119 Å². The summed E-state index contributed by atoms with van der Waals surface area (Å²) in [6.07, 6.45) is 0. The van der Waals surface area contributed by atoms with Crippen LogP contribution in [0.4, 0.5) is 5.69 Å². The van der Waals surface area contributed by atoms with E-state index in [0.717, 1.165) is 31.9 Å². The Morgan fingerprint density at radius 3 is 2.21 bits per heavy atom. The van der Waals surface area contributed by atoms with Crippen LogP contribution < -0.4 is 4.90 Å². The number of hydrogen-bond acceptors (Lipinski definition) is 2. The quantitative estimate of drug-likeness (QED) is 0.772. The zero-order valence-electron chi connectivity index (χ0n) is 13.2. The average Bonchev–Trinajstić information content (AvgIpc) is 2.52. The van der Waals surface area contributed by atoms with Gasteiger partial charge in [-0.1, -0.05) is 52.0 Å². The molecule has 2 nitrogen and oxygen atoms in total. The van der Waals surface area contributed by atoms with Crippen molar-refractivity contribution >= 4 is 11.3 Å². The molecule has 1 aromatic carbocycles. The third-order valence-electron chi connectivity index (χ3n) is 2.72. The van der Waals surface area contributed by atoms with E-state index < -0.39 is 0 Å². The largest absolute Gasteiger partial charge is 0.378 e. The molecule has 0 amide bonds. The van der Waals surface area contributed by atoms with Crippen molar-refractivity contribution in [2.75, 3.05) is 31.2 Å². The minimum Gasteiger partial charge on any atom is -0.378 e. The molecule has 0 N–H and O–H groups in total. The third-order valence-corrected chi connectivity index (χ3v) is 2.72. The van der Waals surface area contributed by atoms with Crippen LogP contribution in [0, 0.1) is 0 Å². The summed E-state index contributed by atoms with van der Waals surface area (Å²) in [5, 5.41) is 0. The molecule has 0 bridgehead atoms. The van der Waals surface area contributed by atoms with E-state index in [1.54, 1.807) is 0 Å².